The number of fused-ring (bicyclic) bond motifs is 1. The Morgan fingerprint density at radius 2 is 1.96 bits per heavy atom. The van der Waals surface area contributed by atoms with E-state index in [0.717, 1.165) is 26.7 Å². The highest BCUT2D eigenvalue weighted by Crippen LogP contribution is 2.29. The van der Waals surface area contributed by atoms with Gasteiger partial charge in [-0.1, -0.05) is 49.4 Å². The van der Waals surface area contributed by atoms with Gasteiger partial charge in [0.2, 0.25) is 5.91 Å². The van der Waals surface area contributed by atoms with Crippen LogP contribution in [-0.4, -0.2) is 16.6 Å². The van der Waals surface area contributed by atoms with E-state index in [1.807, 2.05) is 30.3 Å². The molecular weight excluding hydrogens is 336 g/mol. The van der Waals surface area contributed by atoms with Crippen molar-refractivity contribution < 1.29 is 4.79 Å². The zero-order valence-electron chi connectivity index (χ0n) is 13.6. The number of nitrogens with zero attached hydrogens (tertiary/aromatic N) is 1. The molecule has 0 atom stereocenters. The molecule has 0 bridgehead atoms. The normalized spacial score (nSPS) is 10.9. The van der Waals surface area contributed by atoms with Gasteiger partial charge in [-0.15, -0.1) is 11.3 Å². The van der Waals surface area contributed by atoms with Crippen LogP contribution in [0.2, 0.25) is 0 Å². The third kappa shape index (κ3) is 4.58. The Labute approximate surface area is 150 Å². The number of hydrogen-bond acceptors (Lipinski definition) is 4. The molecule has 124 valence electrons. The monoisotopic (exact) mass is 356 g/mol. The number of amides is 1. The quantitative estimate of drug-likeness (QED) is 0.579. The average molecular weight is 357 g/mol. The molecule has 1 heterocycles. The van der Waals surface area contributed by atoms with Gasteiger partial charge in [0, 0.05) is 5.69 Å². The average Bonchev–Trinajstić information content (AvgIpc) is 3.02. The van der Waals surface area contributed by atoms with Crippen molar-refractivity contribution >= 4 is 44.9 Å². The maximum Gasteiger partial charge on any atom is 0.234 e. The number of thioether (sulfide) groups is 1. The molecule has 0 saturated carbocycles. The van der Waals surface area contributed by atoms with Gasteiger partial charge in [0.25, 0.3) is 0 Å². The first kappa shape index (κ1) is 17.0. The number of aromatic nitrogens is 1. The third-order valence-electron chi connectivity index (χ3n) is 3.66. The van der Waals surface area contributed by atoms with Crippen molar-refractivity contribution in [3.63, 3.8) is 0 Å². The lowest BCUT2D eigenvalue weighted by molar-refractivity contribution is -0.113. The summed E-state index contributed by atoms with van der Waals surface area (Å²) in [6.07, 6.45) is 3.49. The van der Waals surface area contributed by atoms with Crippen LogP contribution in [-0.2, 0) is 11.2 Å². The lowest BCUT2D eigenvalue weighted by Gasteiger charge is -2.06. The maximum absolute atomic E-state index is 12.1. The minimum Gasteiger partial charge on any atom is -0.325 e. The summed E-state index contributed by atoms with van der Waals surface area (Å²) in [5.41, 5.74) is 3.16. The van der Waals surface area contributed by atoms with Gasteiger partial charge < -0.3 is 5.32 Å². The second-order valence-corrected chi connectivity index (χ2v) is 7.84. The molecule has 0 spiro atoms. The van der Waals surface area contributed by atoms with E-state index in [2.05, 4.69) is 35.4 Å². The Kier molecular flexibility index (Phi) is 5.88. The van der Waals surface area contributed by atoms with Crippen molar-refractivity contribution in [3.8, 4) is 0 Å². The maximum atomic E-state index is 12.1. The number of unbranched alkanes of at least 4 members (excludes halogenated alkanes) is 1. The Hall–Kier alpha value is -1.85. The summed E-state index contributed by atoms with van der Waals surface area (Å²) in [7, 11) is 0. The summed E-state index contributed by atoms with van der Waals surface area (Å²) < 4.78 is 2.09. The molecule has 3 aromatic rings. The van der Waals surface area contributed by atoms with Crippen LogP contribution >= 0.6 is 23.1 Å². The van der Waals surface area contributed by atoms with Crippen molar-refractivity contribution in [3.05, 3.63) is 54.1 Å². The van der Waals surface area contributed by atoms with Crippen molar-refractivity contribution in [2.24, 2.45) is 0 Å². The largest absolute Gasteiger partial charge is 0.325 e. The van der Waals surface area contributed by atoms with Crippen molar-refractivity contribution in [2.75, 3.05) is 11.1 Å². The lowest BCUT2D eigenvalue weighted by atomic mass is 10.1. The predicted molar refractivity (Wildman–Crippen MR) is 104 cm³/mol. The van der Waals surface area contributed by atoms with Crippen molar-refractivity contribution in [1.82, 2.24) is 4.98 Å². The number of nitrogens with one attached hydrogen (secondary N) is 1. The van der Waals surface area contributed by atoms with Gasteiger partial charge in [0.15, 0.2) is 4.34 Å². The number of aryl methyl sites for hydroxylation is 1. The number of hydrogen-bond donors (Lipinski definition) is 1. The Bertz CT molecular complexity index is 779. The van der Waals surface area contributed by atoms with Crippen molar-refractivity contribution in [2.45, 2.75) is 30.5 Å². The van der Waals surface area contributed by atoms with Crippen LogP contribution in [0.3, 0.4) is 0 Å². The molecule has 2 aromatic carbocycles. The summed E-state index contributed by atoms with van der Waals surface area (Å²) in [5, 5.41) is 2.95. The molecule has 1 N–H and O–H groups in total. The van der Waals surface area contributed by atoms with Crippen LogP contribution in [0, 0.1) is 0 Å². The highest BCUT2D eigenvalue weighted by atomic mass is 32.2. The van der Waals surface area contributed by atoms with Gasteiger partial charge in [-0.05, 0) is 42.7 Å². The Balaban J connectivity index is 1.51. The number of carbonyl (C=O) groups is 1. The standard InChI is InChI=1S/C19H20N2OS2/c1-2-3-6-14-9-11-15(12-10-14)20-18(22)13-23-19-21-16-7-4-5-8-17(16)24-19/h4-5,7-12H,2-3,6,13H2,1H3,(H,20,22). The molecular formula is C19H20N2OS2. The number of carbonyl (C=O) groups excluding carboxylic acids is 1. The first-order valence-electron chi connectivity index (χ1n) is 8.12. The first-order valence-corrected chi connectivity index (χ1v) is 9.92. The first-order chi connectivity index (χ1) is 11.7. The van der Waals surface area contributed by atoms with Crippen molar-refractivity contribution in [1.29, 1.82) is 0 Å². The third-order valence-corrected chi connectivity index (χ3v) is 5.84. The zero-order valence-corrected chi connectivity index (χ0v) is 15.3. The van der Waals surface area contributed by atoms with E-state index in [1.54, 1.807) is 11.3 Å². The van der Waals surface area contributed by atoms with Gasteiger partial charge in [0.05, 0.1) is 16.0 Å². The van der Waals surface area contributed by atoms with Gasteiger partial charge in [-0.2, -0.15) is 0 Å². The molecule has 0 radical (unpaired) electrons. The fraction of sp³-hybridized carbons (Fsp3) is 0.263. The second kappa shape index (κ2) is 8.31. The number of rotatable bonds is 7. The van der Waals surface area contributed by atoms with Gasteiger partial charge in [0.1, 0.15) is 0 Å². The van der Waals surface area contributed by atoms with Crippen LogP contribution in [0.25, 0.3) is 10.2 Å². The van der Waals surface area contributed by atoms with E-state index < -0.39 is 0 Å². The second-order valence-electron chi connectivity index (χ2n) is 5.58. The number of para-hydroxylation sites is 1. The molecule has 5 heteroatoms. The molecule has 0 aliphatic heterocycles. The number of anilines is 1. The highest BCUT2D eigenvalue weighted by Gasteiger charge is 2.08. The minimum absolute atomic E-state index is 0.000523. The zero-order chi connectivity index (χ0) is 16.8. The van der Waals surface area contributed by atoms with E-state index >= 15 is 0 Å². The smallest absolute Gasteiger partial charge is 0.234 e. The summed E-state index contributed by atoms with van der Waals surface area (Å²) in [5.74, 6) is 0.373. The molecule has 1 aromatic heterocycles. The SMILES string of the molecule is CCCCc1ccc(NC(=O)CSc2nc3ccccc3s2)cc1. The van der Waals surface area contributed by atoms with Crippen LogP contribution < -0.4 is 5.32 Å². The predicted octanol–water partition coefficient (Wildman–Crippen LogP) is 5.37. The van der Waals surface area contributed by atoms with Crippen LogP contribution in [0.4, 0.5) is 5.69 Å². The van der Waals surface area contributed by atoms with Crippen LogP contribution in [0.15, 0.2) is 52.9 Å². The Morgan fingerprint density at radius 1 is 1.17 bits per heavy atom. The van der Waals surface area contributed by atoms with Crippen LogP contribution in [0.5, 0.6) is 0 Å². The molecule has 0 aliphatic rings. The van der Waals surface area contributed by atoms with Crippen LogP contribution in [0.1, 0.15) is 25.3 Å². The van der Waals surface area contributed by atoms with E-state index in [4.69, 9.17) is 0 Å². The van der Waals surface area contributed by atoms with E-state index in [9.17, 15) is 4.79 Å². The molecule has 0 saturated heterocycles. The summed E-state index contributed by atoms with van der Waals surface area (Å²) >= 11 is 3.11. The summed E-state index contributed by atoms with van der Waals surface area (Å²) in [6, 6.07) is 16.2. The molecule has 3 rings (SSSR count). The van der Waals surface area contributed by atoms with E-state index in [1.165, 1.54) is 30.2 Å². The lowest BCUT2D eigenvalue weighted by Crippen LogP contribution is -2.13. The van der Waals surface area contributed by atoms with Gasteiger partial charge >= 0.3 is 0 Å². The molecule has 24 heavy (non-hydrogen) atoms. The minimum atomic E-state index is 0.000523. The fourth-order valence-electron chi connectivity index (χ4n) is 2.37. The van der Waals surface area contributed by atoms with Gasteiger partial charge in [-0.25, -0.2) is 4.98 Å². The molecule has 0 aliphatic carbocycles. The molecule has 0 fully saturated rings. The van der Waals surface area contributed by atoms with E-state index in [0.29, 0.717) is 5.75 Å². The summed E-state index contributed by atoms with van der Waals surface area (Å²) in [6.45, 7) is 2.19. The van der Waals surface area contributed by atoms with E-state index in [-0.39, 0.29) is 5.91 Å². The number of benzene rings is 2. The molecule has 3 nitrogen and oxygen atoms in total. The Morgan fingerprint density at radius 3 is 2.71 bits per heavy atom. The fourth-order valence-corrected chi connectivity index (χ4v) is 4.24. The molecule has 0 unspecified atom stereocenters. The summed E-state index contributed by atoms with van der Waals surface area (Å²) in [4.78, 5) is 16.6. The number of thiazole rings is 1. The molecule has 1 amide bonds. The topological polar surface area (TPSA) is 42.0 Å². The highest BCUT2D eigenvalue weighted by molar-refractivity contribution is 8.01. The van der Waals surface area contributed by atoms with Gasteiger partial charge in [-0.3, -0.25) is 4.79 Å².